The first-order chi connectivity index (χ1) is 5.36. The lowest BCUT2D eigenvalue weighted by atomic mass is 10.4. The van der Waals surface area contributed by atoms with Gasteiger partial charge in [-0.05, 0) is 28.1 Å². The van der Waals surface area contributed by atoms with Crippen molar-refractivity contribution in [3.63, 3.8) is 0 Å². The zero-order valence-corrected chi connectivity index (χ0v) is 7.04. The van der Waals surface area contributed by atoms with Crippen molar-refractivity contribution in [3.8, 4) is 11.5 Å². The Hall–Kier alpha value is -1.03. The van der Waals surface area contributed by atoms with E-state index < -0.39 is 0 Å². The maximum atomic E-state index is 5.21. The summed E-state index contributed by atoms with van der Waals surface area (Å²) < 4.78 is 10.9. The maximum Gasteiger partial charge on any atom is 0.189 e. The number of halogens is 1. The molecule has 0 saturated carbocycles. The first-order valence-electron chi connectivity index (χ1n) is 3.00. The van der Waals surface area contributed by atoms with Crippen LogP contribution in [0.25, 0.3) is 11.5 Å². The molecule has 0 atom stereocenters. The summed E-state index contributed by atoms with van der Waals surface area (Å²) >= 11 is 3.19. The van der Waals surface area contributed by atoms with Crippen LogP contribution < -0.4 is 0 Å². The van der Waals surface area contributed by atoms with E-state index in [1.54, 1.807) is 12.3 Å². The largest absolute Gasteiger partial charge is 0.446 e. The van der Waals surface area contributed by atoms with Crippen LogP contribution >= 0.6 is 15.9 Å². The molecule has 0 amide bonds. The predicted octanol–water partition coefficient (Wildman–Crippen LogP) is 2.70. The molecule has 0 N–H and O–H groups in total. The third-order valence-electron chi connectivity index (χ3n) is 1.25. The maximum absolute atomic E-state index is 5.21. The van der Waals surface area contributed by atoms with Crippen LogP contribution in [0.1, 0.15) is 0 Å². The summed E-state index contributed by atoms with van der Waals surface area (Å²) in [5.74, 6) is 1.31. The summed E-state index contributed by atoms with van der Waals surface area (Å²) in [6.07, 6.45) is 2.97. The normalized spacial score (nSPS) is 10.3. The number of aromatic nitrogens is 1. The Balaban J connectivity index is 2.45. The molecule has 3 nitrogen and oxygen atoms in total. The van der Waals surface area contributed by atoms with Crippen molar-refractivity contribution in [2.75, 3.05) is 0 Å². The fraction of sp³-hybridized carbons (Fsp3) is 0. The fourth-order valence-electron chi connectivity index (χ4n) is 0.784. The van der Waals surface area contributed by atoms with Crippen LogP contribution in [-0.2, 0) is 0 Å². The van der Waals surface area contributed by atoms with Crippen molar-refractivity contribution < 1.29 is 8.83 Å². The van der Waals surface area contributed by atoms with Crippen molar-refractivity contribution in [1.29, 1.82) is 0 Å². The highest BCUT2D eigenvalue weighted by Crippen LogP contribution is 2.23. The van der Waals surface area contributed by atoms with Gasteiger partial charge < -0.3 is 8.83 Å². The van der Waals surface area contributed by atoms with Gasteiger partial charge in [-0.3, -0.25) is 0 Å². The molecule has 0 aromatic carbocycles. The minimum absolute atomic E-state index is 0.635. The molecule has 0 aliphatic carbocycles. The predicted molar refractivity (Wildman–Crippen MR) is 41.9 cm³/mol. The Morgan fingerprint density at radius 3 is 2.73 bits per heavy atom. The van der Waals surface area contributed by atoms with Gasteiger partial charge in [0.05, 0.1) is 6.20 Å². The Morgan fingerprint density at radius 2 is 2.18 bits per heavy atom. The highest BCUT2D eigenvalue weighted by molar-refractivity contribution is 9.10. The topological polar surface area (TPSA) is 39.2 Å². The van der Waals surface area contributed by atoms with Crippen LogP contribution in [0.4, 0.5) is 0 Å². The Bertz CT molecular complexity index is 339. The van der Waals surface area contributed by atoms with Crippen molar-refractivity contribution in [2.45, 2.75) is 0 Å². The van der Waals surface area contributed by atoms with Crippen LogP contribution in [0.5, 0.6) is 0 Å². The van der Waals surface area contributed by atoms with Gasteiger partial charge in [0.15, 0.2) is 22.6 Å². The van der Waals surface area contributed by atoms with Crippen molar-refractivity contribution in [3.05, 3.63) is 29.4 Å². The lowest BCUT2D eigenvalue weighted by Gasteiger charge is -1.84. The van der Waals surface area contributed by atoms with Gasteiger partial charge in [-0.25, -0.2) is 4.98 Å². The Kier molecular flexibility index (Phi) is 1.54. The molecule has 11 heavy (non-hydrogen) atoms. The second-order valence-electron chi connectivity index (χ2n) is 1.97. The molecule has 0 saturated heterocycles. The second kappa shape index (κ2) is 2.54. The molecule has 0 bridgehead atoms. The van der Waals surface area contributed by atoms with Crippen LogP contribution in [0, 0.1) is 0 Å². The minimum atomic E-state index is 0.635. The van der Waals surface area contributed by atoms with E-state index in [2.05, 4.69) is 20.9 Å². The molecule has 0 unspecified atom stereocenters. The van der Waals surface area contributed by atoms with Crippen LogP contribution in [-0.4, -0.2) is 4.98 Å². The molecule has 0 spiro atoms. The third kappa shape index (κ3) is 1.21. The zero-order chi connectivity index (χ0) is 7.68. The van der Waals surface area contributed by atoms with E-state index in [0.29, 0.717) is 16.2 Å². The molecule has 0 radical (unpaired) electrons. The van der Waals surface area contributed by atoms with Crippen molar-refractivity contribution in [1.82, 2.24) is 4.98 Å². The van der Waals surface area contributed by atoms with Crippen molar-refractivity contribution >= 4 is 15.9 Å². The molecule has 4 heteroatoms. The monoisotopic (exact) mass is 213 g/mol. The van der Waals surface area contributed by atoms with E-state index in [1.807, 2.05) is 6.07 Å². The van der Waals surface area contributed by atoms with E-state index in [9.17, 15) is 0 Å². The molecule has 2 aromatic rings. The van der Waals surface area contributed by atoms with Crippen LogP contribution in [0.3, 0.4) is 0 Å². The Labute approximate surface area is 71.2 Å². The van der Waals surface area contributed by atoms with E-state index in [-0.39, 0.29) is 0 Å². The van der Waals surface area contributed by atoms with Crippen molar-refractivity contribution in [2.24, 2.45) is 0 Å². The van der Waals surface area contributed by atoms with E-state index >= 15 is 0 Å². The van der Waals surface area contributed by atoms with Crippen LogP contribution in [0.2, 0.25) is 0 Å². The lowest BCUT2D eigenvalue weighted by molar-refractivity contribution is 0.508. The highest BCUT2D eigenvalue weighted by Gasteiger charge is 2.04. The minimum Gasteiger partial charge on any atom is -0.446 e. The standard InChI is InChI=1S/C7H4BrNO2/c8-7-2-1-5(11-7)6-3-9-4-10-6/h1-4H. The zero-order valence-electron chi connectivity index (χ0n) is 5.45. The summed E-state index contributed by atoms with van der Waals surface area (Å²) in [6.45, 7) is 0. The van der Waals surface area contributed by atoms with Gasteiger partial charge in [0, 0.05) is 0 Å². The smallest absolute Gasteiger partial charge is 0.189 e. The fourth-order valence-corrected chi connectivity index (χ4v) is 1.09. The van der Waals surface area contributed by atoms with Gasteiger partial charge in [0.25, 0.3) is 0 Å². The lowest BCUT2D eigenvalue weighted by Crippen LogP contribution is -1.62. The number of nitrogens with zero attached hydrogens (tertiary/aromatic N) is 1. The number of hydrogen-bond acceptors (Lipinski definition) is 3. The number of furan rings is 1. The number of oxazole rings is 1. The molecule has 2 aromatic heterocycles. The van der Waals surface area contributed by atoms with Crippen LogP contribution in [0.15, 0.2) is 38.2 Å². The number of rotatable bonds is 1. The van der Waals surface area contributed by atoms with Gasteiger partial charge in [-0.1, -0.05) is 0 Å². The molecule has 56 valence electrons. The quantitative estimate of drug-likeness (QED) is 0.732. The SMILES string of the molecule is Brc1ccc(-c2cnco2)o1. The summed E-state index contributed by atoms with van der Waals surface area (Å²) in [7, 11) is 0. The first kappa shape index (κ1) is 6.67. The molecule has 2 rings (SSSR count). The Morgan fingerprint density at radius 1 is 1.27 bits per heavy atom. The molecule has 0 fully saturated rings. The second-order valence-corrected chi connectivity index (χ2v) is 2.75. The molecule has 2 heterocycles. The molecule has 0 aliphatic rings. The van der Waals surface area contributed by atoms with Gasteiger partial charge >= 0.3 is 0 Å². The van der Waals surface area contributed by atoms with Gasteiger partial charge in [0.2, 0.25) is 0 Å². The summed E-state index contributed by atoms with van der Waals surface area (Å²) in [5.41, 5.74) is 0. The van der Waals surface area contributed by atoms with Gasteiger partial charge in [0.1, 0.15) is 0 Å². The van der Waals surface area contributed by atoms with E-state index in [1.165, 1.54) is 6.39 Å². The summed E-state index contributed by atoms with van der Waals surface area (Å²) in [6, 6.07) is 3.61. The third-order valence-corrected chi connectivity index (χ3v) is 1.67. The molecular weight excluding hydrogens is 210 g/mol. The average Bonchev–Trinajstić information content (AvgIpc) is 2.55. The summed E-state index contributed by atoms with van der Waals surface area (Å²) in [5, 5.41) is 0. The van der Waals surface area contributed by atoms with E-state index in [4.69, 9.17) is 8.83 Å². The van der Waals surface area contributed by atoms with E-state index in [0.717, 1.165) is 0 Å². The van der Waals surface area contributed by atoms with Gasteiger partial charge in [-0.2, -0.15) is 0 Å². The number of hydrogen-bond donors (Lipinski definition) is 0. The molecule has 0 aliphatic heterocycles. The summed E-state index contributed by atoms with van der Waals surface area (Å²) in [4.78, 5) is 3.77. The van der Waals surface area contributed by atoms with Gasteiger partial charge in [-0.15, -0.1) is 0 Å². The highest BCUT2D eigenvalue weighted by atomic mass is 79.9. The first-order valence-corrected chi connectivity index (χ1v) is 3.80. The average molecular weight is 214 g/mol. The molecular formula is C7H4BrNO2.